The van der Waals surface area contributed by atoms with Gasteiger partial charge in [0.05, 0.1) is 12.5 Å². The third kappa shape index (κ3) is 5.17. The van der Waals surface area contributed by atoms with Gasteiger partial charge in [-0.2, -0.15) is 4.98 Å². The van der Waals surface area contributed by atoms with Crippen LogP contribution in [0.2, 0.25) is 0 Å². The first kappa shape index (κ1) is 17.6. The average Bonchev–Trinajstić information content (AvgIpc) is 2.92. The number of hydrogen-bond acceptors (Lipinski definition) is 6. The third-order valence-corrected chi connectivity index (χ3v) is 3.31. The minimum Gasteiger partial charge on any atom is -0.481 e. The molecule has 1 heterocycles. The van der Waals surface area contributed by atoms with Crippen molar-refractivity contribution in [3.05, 3.63) is 47.1 Å². The summed E-state index contributed by atoms with van der Waals surface area (Å²) in [6, 6.07) is 6.70. The molecule has 0 aliphatic carbocycles. The van der Waals surface area contributed by atoms with Gasteiger partial charge in [0.1, 0.15) is 13.2 Å². The first-order valence-corrected chi connectivity index (χ1v) is 7.39. The van der Waals surface area contributed by atoms with Gasteiger partial charge in [-0.05, 0) is 25.0 Å². The quantitative estimate of drug-likeness (QED) is 0.753. The lowest BCUT2D eigenvalue weighted by Crippen LogP contribution is -2.33. The summed E-state index contributed by atoms with van der Waals surface area (Å²) in [6.07, 6.45) is -0.209. The molecule has 1 unspecified atom stereocenters. The Labute approximate surface area is 138 Å². The Morgan fingerprint density at radius 3 is 2.71 bits per heavy atom. The van der Waals surface area contributed by atoms with Crippen molar-refractivity contribution < 1.29 is 24.0 Å². The van der Waals surface area contributed by atoms with Crippen molar-refractivity contribution in [1.82, 2.24) is 15.5 Å². The summed E-state index contributed by atoms with van der Waals surface area (Å²) >= 11 is 0. The highest BCUT2D eigenvalue weighted by Gasteiger charge is 2.19. The molecule has 0 radical (unpaired) electrons. The van der Waals surface area contributed by atoms with E-state index in [1.54, 1.807) is 19.1 Å². The fraction of sp³-hybridized carbons (Fsp3) is 0.375. The van der Waals surface area contributed by atoms with Crippen LogP contribution >= 0.6 is 0 Å². The molecule has 24 heavy (non-hydrogen) atoms. The van der Waals surface area contributed by atoms with E-state index in [1.165, 1.54) is 0 Å². The number of rotatable bonds is 8. The van der Waals surface area contributed by atoms with Gasteiger partial charge < -0.3 is 19.7 Å². The van der Waals surface area contributed by atoms with Gasteiger partial charge >= 0.3 is 5.97 Å². The van der Waals surface area contributed by atoms with E-state index in [4.69, 9.17) is 14.4 Å². The van der Waals surface area contributed by atoms with Crippen LogP contribution in [0.3, 0.4) is 0 Å². The molecule has 1 atom stereocenters. The molecule has 128 valence electrons. The van der Waals surface area contributed by atoms with E-state index in [2.05, 4.69) is 15.5 Å². The molecule has 0 saturated heterocycles. The van der Waals surface area contributed by atoms with Gasteiger partial charge in [0.25, 0.3) is 5.89 Å². The maximum Gasteiger partial charge on any atom is 0.305 e. The molecule has 1 amide bonds. The van der Waals surface area contributed by atoms with Gasteiger partial charge in [0.15, 0.2) is 5.82 Å². The third-order valence-electron chi connectivity index (χ3n) is 3.31. The molecule has 2 N–H and O–H groups in total. The maximum absolute atomic E-state index is 12.0. The Morgan fingerprint density at radius 1 is 1.33 bits per heavy atom. The van der Waals surface area contributed by atoms with E-state index < -0.39 is 17.9 Å². The number of amides is 1. The molecule has 2 rings (SSSR count). The summed E-state index contributed by atoms with van der Waals surface area (Å²) in [7, 11) is 0. The predicted molar refractivity (Wildman–Crippen MR) is 83.0 cm³/mol. The zero-order chi connectivity index (χ0) is 17.5. The second-order valence-electron chi connectivity index (χ2n) is 5.30. The largest absolute Gasteiger partial charge is 0.481 e. The van der Waals surface area contributed by atoms with Crippen LogP contribution < -0.4 is 5.32 Å². The van der Waals surface area contributed by atoms with Crippen LogP contribution in [-0.2, 0) is 20.9 Å². The summed E-state index contributed by atoms with van der Waals surface area (Å²) in [5.74, 6) is -0.646. The molecular formula is C16H19N3O5. The fourth-order valence-corrected chi connectivity index (χ4v) is 2.26. The molecule has 8 heteroatoms. The molecule has 0 fully saturated rings. The Hall–Kier alpha value is -2.74. The fourth-order valence-electron chi connectivity index (χ4n) is 2.26. The van der Waals surface area contributed by atoms with Crippen LogP contribution in [0, 0.1) is 13.8 Å². The van der Waals surface area contributed by atoms with E-state index in [-0.39, 0.29) is 25.5 Å². The van der Waals surface area contributed by atoms with Gasteiger partial charge in [-0.1, -0.05) is 29.4 Å². The van der Waals surface area contributed by atoms with Crippen LogP contribution in [0.5, 0.6) is 0 Å². The van der Waals surface area contributed by atoms with Crippen molar-refractivity contribution in [3.8, 4) is 0 Å². The molecule has 1 aromatic heterocycles. The summed E-state index contributed by atoms with van der Waals surface area (Å²) in [5.41, 5.74) is 1.67. The number of carboxylic acid groups (broad SMARTS) is 1. The van der Waals surface area contributed by atoms with Crippen molar-refractivity contribution in [2.24, 2.45) is 0 Å². The molecule has 0 spiro atoms. The second kappa shape index (κ2) is 8.21. The number of hydrogen-bond donors (Lipinski definition) is 2. The SMILES string of the molecule is Cc1noc(COCC(=O)NC(CC(=O)O)c2ccccc2C)n1. The number of aryl methyl sites for hydroxylation is 2. The van der Waals surface area contributed by atoms with E-state index in [9.17, 15) is 9.59 Å². The Balaban J connectivity index is 1.92. The van der Waals surface area contributed by atoms with Crippen LogP contribution in [0.1, 0.15) is 35.3 Å². The number of aromatic nitrogens is 2. The lowest BCUT2D eigenvalue weighted by atomic mass is 9.99. The highest BCUT2D eigenvalue weighted by molar-refractivity contribution is 5.79. The Morgan fingerprint density at radius 2 is 2.08 bits per heavy atom. The predicted octanol–water partition coefficient (Wildman–Crippen LogP) is 1.54. The zero-order valence-corrected chi connectivity index (χ0v) is 13.5. The number of benzene rings is 1. The van der Waals surface area contributed by atoms with Crippen LogP contribution in [0.4, 0.5) is 0 Å². The number of nitrogens with zero attached hydrogens (tertiary/aromatic N) is 2. The smallest absolute Gasteiger partial charge is 0.305 e. The molecule has 0 aliphatic heterocycles. The maximum atomic E-state index is 12.0. The number of nitrogens with one attached hydrogen (secondary N) is 1. The lowest BCUT2D eigenvalue weighted by molar-refractivity contribution is -0.138. The zero-order valence-electron chi connectivity index (χ0n) is 13.5. The first-order chi connectivity index (χ1) is 11.5. The monoisotopic (exact) mass is 333 g/mol. The van der Waals surface area contributed by atoms with Crippen LogP contribution in [0.15, 0.2) is 28.8 Å². The van der Waals surface area contributed by atoms with E-state index in [0.29, 0.717) is 5.82 Å². The van der Waals surface area contributed by atoms with Crippen molar-refractivity contribution in [3.63, 3.8) is 0 Å². The number of ether oxygens (including phenoxy) is 1. The van der Waals surface area contributed by atoms with Crippen molar-refractivity contribution >= 4 is 11.9 Å². The molecule has 0 saturated carbocycles. The summed E-state index contributed by atoms with van der Waals surface area (Å²) in [6.45, 7) is 3.33. The molecule has 0 bridgehead atoms. The number of carbonyl (C=O) groups excluding carboxylic acids is 1. The highest BCUT2D eigenvalue weighted by atomic mass is 16.5. The molecule has 2 aromatic rings. The van der Waals surface area contributed by atoms with Crippen LogP contribution in [-0.4, -0.2) is 33.7 Å². The summed E-state index contributed by atoms with van der Waals surface area (Å²) < 4.78 is 10.1. The topological polar surface area (TPSA) is 115 Å². The Kier molecular flexibility index (Phi) is 6.02. The summed E-state index contributed by atoms with van der Waals surface area (Å²) in [4.78, 5) is 27.0. The standard InChI is InChI=1S/C16H19N3O5/c1-10-5-3-4-6-12(10)13(7-16(21)22)18-14(20)8-23-9-15-17-11(2)19-24-15/h3-6,13H,7-9H2,1-2H3,(H,18,20)(H,21,22). The average molecular weight is 333 g/mol. The van der Waals surface area contributed by atoms with Crippen molar-refractivity contribution in [2.45, 2.75) is 32.9 Å². The highest BCUT2D eigenvalue weighted by Crippen LogP contribution is 2.20. The van der Waals surface area contributed by atoms with Gasteiger partial charge in [0, 0.05) is 0 Å². The minimum atomic E-state index is -0.995. The minimum absolute atomic E-state index is 0.0161. The van der Waals surface area contributed by atoms with E-state index in [0.717, 1.165) is 11.1 Å². The number of carboxylic acids is 1. The molecule has 8 nitrogen and oxygen atoms in total. The first-order valence-electron chi connectivity index (χ1n) is 7.39. The molecule has 0 aliphatic rings. The van der Waals surface area contributed by atoms with Gasteiger partial charge in [-0.15, -0.1) is 0 Å². The van der Waals surface area contributed by atoms with Gasteiger partial charge in [-0.3, -0.25) is 9.59 Å². The molecule has 1 aromatic carbocycles. The molecular weight excluding hydrogens is 314 g/mol. The second-order valence-corrected chi connectivity index (χ2v) is 5.30. The normalized spacial score (nSPS) is 11.9. The number of aliphatic carboxylic acids is 1. The number of carbonyl (C=O) groups is 2. The van der Waals surface area contributed by atoms with E-state index >= 15 is 0 Å². The lowest BCUT2D eigenvalue weighted by Gasteiger charge is -2.19. The van der Waals surface area contributed by atoms with Crippen molar-refractivity contribution in [1.29, 1.82) is 0 Å². The van der Waals surface area contributed by atoms with Gasteiger partial charge in [-0.25, -0.2) is 0 Å². The summed E-state index contributed by atoms with van der Waals surface area (Å²) in [5, 5.41) is 15.4. The van der Waals surface area contributed by atoms with E-state index in [1.807, 2.05) is 19.1 Å². The van der Waals surface area contributed by atoms with Crippen molar-refractivity contribution in [2.75, 3.05) is 6.61 Å². The van der Waals surface area contributed by atoms with Gasteiger partial charge in [0.2, 0.25) is 5.91 Å². The Bertz CT molecular complexity index is 713. The van der Waals surface area contributed by atoms with Crippen LogP contribution in [0.25, 0.3) is 0 Å².